The largest absolute Gasteiger partial charge is 0.289 e. The van der Waals surface area contributed by atoms with E-state index >= 15 is 0 Å². The highest BCUT2D eigenvalue weighted by atomic mass is 32.2. The van der Waals surface area contributed by atoms with E-state index in [1.54, 1.807) is 35.7 Å². The van der Waals surface area contributed by atoms with Crippen molar-refractivity contribution in [3.63, 3.8) is 0 Å². The van der Waals surface area contributed by atoms with Gasteiger partial charge in [-0.3, -0.25) is 14.9 Å². The molecule has 0 fully saturated rings. The molecule has 0 heterocycles. The van der Waals surface area contributed by atoms with Crippen molar-refractivity contribution < 1.29 is 9.72 Å². The smallest absolute Gasteiger partial charge is 0.284 e. The van der Waals surface area contributed by atoms with E-state index in [9.17, 15) is 14.9 Å². The van der Waals surface area contributed by atoms with Crippen LogP contribution in [-0.2, 0) is 0 Å². The Labute approximate surface area is 119 Å². The minimum atomic E-state index is -0.596. The number of nitriles is 1. The van der Waals surface area contributed by atoms with Crippen molar-refractivity contribution in [2.75, 3.05) is 0 Å². The van der Waals surface area contributed by atoms with Gasteiger partial charge in [-0.25, -0.2) is 0 Å². The highest BCUT2D eigenvalue weighted by Crippen LogP contribution is 2.30. The molecule has 0 saturated heterocycles. The maximum Gasteiger partial charge on any atom is 0.284 e. The summed E-state index contributed by atoms with van der Waals surface area (Å²) in [6, 6.07) is 12.6. The molecular weight excluding hydrogens is 276 g/mol. The maximum absolute atomic E-state index is 12.2. The summed E-state index contributed by atoms with van der Waals surface area (Å²) < 4.78 is 0. The number of hydrogen-bond acceptors (Lipinski definition) is 5. The van der Waals surface area contributed by atoms with E-state index < -0.39 is 4.92 Å². The van der Waals surface area contributed by atoms with Crippen LogP contribution >= 0.6 is 11.8 Å². The van der Waals surface area contributed by atoms with Gasteiger partial charge in [-0.05, 0) is 23.9 Å². The highest BCUT2D eigenvalue weighted by Gasteiger charge is 2.18. The van der Waals surface area contributed by atoms with Crippen molar-refractivity contribution in [3.8, 4) is 5.40 Å². The number of thiocyanates is 1. The molecule has 0 spiro atoms. The third-order valence-electron chi connectivity index (χ3n) is 2.61. The number of rotatable bonds is 4. The van der Waals surface area contributed by atoms with Gasteiger partial charge in [-0.2, -0.15) is 5.26 Å². The molecule has 2 aromatic rings. The van der Waals surface area contributed by atoms with Gasteiger partial charge in [0.1, 0.15) is 10.3 Å². The summed E-state index contributed by atoms with van der Waals surface area (Å²) in [7, 11) is 0. The van der Waals surface area contributed by atoms with Crippen LogP contribution in [0.4, 0.5) is 5.69 Å². The Morgan fingerprint density at radius 1 is 1.15 bits per heavy atom. The third kappa shape index (κ3) is 2.84. The number of nitro benzene ring substituents is 1. The first-order valence-electron chi connectivity index (χ1n) is 5.57. The lowest BCUT2D eigenvalue weighted by Gasteiger charge is -2.03. The molecule has 0 aromatic heterocycles. The standard InChI is InChI=1S/C14H8N2O3S/c15-9-20-13-7-6-11(8-12(13)16(18)19)14(17)10-4-2-1-3-5-10/h1-8H. The fourth-order valence-corrected chi connectivity index (χ4v) is 2.17. The minimum Gasteiger partial charge on any atom is -0.289 e. The van der Waals surface area contributed by atoms with Crippen molar-refractivity contribution in [2.24, 2.45) is 0 Å². The van der Waals surface area contributed by atoms with Gasteiger partial charge in [0, 0.05) is 17.2 Å². The minimum absolute atomic E-state index is 0.224. The van der Waals surface area contributed by atoms with Crippen LogP contribution < -0.4 is 0 Å². The SMILES string of the molecule is N#CSc1ccc(C(=O)c2ccccc2)cc1[N+](=O)[O-]. The molecule has 0 bridgehead atoms. The second kappa shape index (κ2) is 5.99. The molecule has 2 aromatic carbocycles. The van der Waals surface area contributed by atoms with Crippen molar-refractivity contribution >= 4 is 23.2 Å². The predicted octanol–water partition coefficient (Wildman–Crippen LogP) is 3.40. The normalized spacial score (nSPS) is 9.75. The summed E-state index contributed by atoms with van der Waals surface area (Å²) in [6.07, 6.45) is 0. The molecule has 98 valence electrons. The van der Waals surface area contributed by atoms with Crippen LogP contribution in [-0.4, -0.2) is 10.7 Å². The number of carbonyl (C=O) groups is 1. The predicted molar refractivity (Wildman–Crippen MR) is 74.4 cm³/mol. The molecule has 0 saturated carbocycles. The van der Waals surface area contributed by atoms with Gasteiger partial charge in [0.15, 0.2) is 5.78 Å². The Hall–Kier alpha value is -2.65. The molecule has 0 unspecified atom stereocenters. The van der Waals surface area contributed by atoms with E-state index in [2.05, 4.69) is 0 Å². The number of carbonyl (C=O) groups excluding carboxylic acids is 1. The fraction of sp³-hybridized carbons (Fsp3) is 0. The van der Waals surface area contributed by atoms with Gasteiger partial charge in [0.05, 0.1) is 4.92 Å². The second-order valence-electron chi connectivity index (χ2n) is 3.83. The Kier molecular flexibility index (Phi) is 4.13. The van der Waals surface area contributed by atoms with Crippen molar-refractivity contribution in [2.45, 2.75) is 4.90 Å². The Morgan fingerprint density at radius 2 is 1.85 bits per heavy atom. The van der Waals surface area contributed by atoms with Crippen molar-refractivity contribution in [1.29, 1.82) is 5.26 Å². The van der Waals surface area contributed by atoms with Crippen LogP contribution in [0.15, 0.2) is 53.4 Å². The van der Waals surface area contributed by atoms with Crippen molar-refractivity contribution in [3.05, 3.63) is 69.8 Å². The van der Waals surface area contributed by atoms with Crippen LogP contribution in [0.5, 0.6) is 0 Å². The topological polar surface area (TPSA) is 84.0 Å². The Balaban J connectivity index is 2.44. The molecule has 0 radical (unpaired) electrons. The Morgan fingerprint density at radius 3 is 2.45 bits per heavy atom. The lowest BCUT2D eigenvalue weighted by atomic mass is 10.0. The fourth-order valence-electron chi connectivity index (χ4n) is 1.69. The molecule has 0 aliphatic rings. The molecule has 5 nitrogen and oxygen atoms in total. The third-order valence-corrected chi connectivity index (χ3v) is 3.27. The quantitative estimate of drug-likeness (QED) is 0.282. The molecule has 0 aliphatic heterocycles. The van der Waals surface area contributed by atoms with E-state index in [0.717, 1.165) is 0 Å². The summed E-state index contributed by atoms with van der Waals surface area (Å²) in [4.78, 5) is 22.8. The second-order valence-corrected chi connectivity index (χ2v) is 4.65. The summed E-state index contributed by atoms with van der Waals surface area (Å²) in [5.41, 5.74) is 0.450. The number of hydrogen-bond donors (Lipinski definition) is 0. The van der Waals surface area contributed by atoms with Gasteiger partial charge in [-0.15, -0.1) is 0 Å². The van der Waals surface area contributed by atoms with Crippen LogP contribution in [0.3, 0.4) is 0 Å². The molecule has 2 rings (SSSR count). The molecule has 0 N–H and O–H groups in total. The van der Waals surface area contributed by atoms with Gasteiger partial charge in [-0.1, -0.05) is 30.3 Å². The van der Waals surface area contributed by atoms with Gasteiger partial charge in [0.25, 0.3) is 5.69 Å². The maximum atomic E-state index is 12.2. The Bertz CT molecular complexity index is 708. The lowest BCUT2D eigenvalue weighted by Crippen LogP contribution is -2.02. The summed E-state index contributed by atoms with van der Waals surface area (Å²) in [5.74, 6) is -0.290. The lowest BCUT2D eigenvalue weighted by molar-refractivity contribution is -0.387. The summed E-state index contributed by atoms with van der Waals surface area (Å²) in [5, 5.41) is 21.4. The van der Waals surface area contributed by atoms with Gasteiger partial charge >= 0.3 is 0 Å². The van der Waals surface area contributed by atoms with E-state index in [1.807, 2.05) is 0 Å². The van der Waals surface area contributed by atoms with Crippen LogP contribution in [0, 0.1) is 20.8 Å². The molecule has 20 heavy (non-hydrogen) atoms. The summed E-state index contributed by atoms with van der Waals surface area (Å²) in [6.45, 7) is 0. The average molecular weight is 284 g/mol. The van der Waals surface area contributed by atoms with E-state index in [0.29, 0.717) is 17.3 Å². The molecule has 0 atom stereocenters. The zero-order valence-corrected chi connectivity index (χ0v) is 11.0. The number of benzene rings is 2. The van der Waals surface area contributed by atoms with Crippen molar-refractivity contribution in [1.82, 2.24) is 0 Å². The van der Waals surface area contributed by atoms with E-state index in [1.165, 1.54) is 18.2 Å². The summed E-state index contributed by atoms with van der Waals surface area (Å²) >= 11 is 0.699. The van der Waals surface area contributed by atoms with Crippen LogP contribution in [0.1, 0.15) is 15.9 Å². The zero-order chi connectivity index (χ0) is 14.5. The first-order chi connectivity index (χ1) is 9.63. The first-order valence-corrected chi connectivity index (χ1v) is 6.39. The monoisotopic (exact) mass is 284 g/mol. The zero-order valence-electron chi connectivity index (χ0n) is 10.1. The van der Waals surface area contributed by atoms with Gasteiger partial charge in [0.2, 0.25) is 0 Å². The molecule has 6 heteroatoms. The highest BCUT2D eigenvalue weighted by molar-refractivity contribution is 8.03. The van der Waals surface area contributed by atoms with Crippen LogP contribution in [0.2, 0.25) is 0 Å². The molecular formula is C14H8N2O3S. The number of nitrogens with zero attached hydrogens (tertiary/aromatic N) is 2. The van der Waals surface area contributed by atoms with Gasteiger partial charge < -0.3 is 0 Å². The first kappa shape index (κ1) is 13.8. The number of thioether (sulfide) groups is 1. The van der Waals surface area contributed by atoms with Crippen LogP contribution in [0.25, 0.3) is 0 Å². The van der Waals surface area contributed by atoms with E-state index in [-0.39, 0.29) is 21.9 Å². The van der Waals surface area contributed by atoms with E-state index in [4.69, 9.17) is 5.26 Å². The number of nitro groups is 1. The average Bonchev–Trinajstić information content (AvgIpc) is 2.48. The molecule has 0 amide bonds. The number of ketones is 1. The molecule has 0 aliphatic carbocycles.